The van der Waals surface area contributed by atoms with Gasteiger partial charge in [0.15, 0.2) is 0 Å². The number of hydrogen-bond acceptors (Lipinski definition) is 11. The van der Waals surface area contributed by atoms with Crippen molar-refractivity contribution >= 4 is 44.7 Å². The zero-order valence-corrected chi connectivity index (χ0v) is 36.2. The summed E-state index contributed by atoms with van der Waals surface area (Å²) >= 11 is 0. The Bertz CT molecular complexity index is 2300. The van der Waals surface area contributed by atoms with E-state index in [0.717, 1.165) is 12.8 Å². The van der Waals surface area contributed by atoms with Crippen molar-refractivity contribution in [2.45, 2.75) is 121 Å². The number of carbonyl (C=O) groups is 4. The molecule has 15 nitrogen and oxygen atoms in total. The van der Waals surface area contributed by atoms with Gasteiger partial charge in [-0.1, -0.05) is 45.8 Å². The predicted octanol–water partition coefficient (Wildman–Crippen LogP) is 5.43. The Labute approximate surface area is 351 Å². The lowest BCUT2D eigenvalue weighted by Crippen LogP contribution is -2.60. The monoisotopic (exact) mass is 844 g/mol. The molecule has 16 heteroatoms. The van der Waals surface area contributed by atoms with E-state index in [1.54, 1.807) is 79.1 Å². The topological polar surface area (TPSA) is 195 Å². The van der Waals surface area contributed by atoms with Crippen LogP contribution in [0.5, 0.6) is 11.5 Å². The van der Waals surface area contributed by atoms with Crippen LogP contribution < -0.4 is 24.8 Å². The molecule has 3 aliphatic carbocycles. The van der Waals surface area contributed by atoms with Gasteiger partial charge in [-0.15, -0.1) is 6.58 Å². The largest absolute Gasteiger partial charge is 0.497 e. The number of nitrogens with zero attached hydrogens (tertiary/aromatic N) is 3. The van der Waals surface area contributed by atoms with Crippen LogP contribution in [0.4, 0.5) is 4.79 Å². The number of pyridine rings is 2. The highest BCUT2D eigenvalue weighted by Crippen LogP contribution is 2.53. The number of fused-ring (bicyclic) bond motifs is 1. The number of aromatic nitrogens is 2. The van der Waals surface area contributed by atoms with Gasteiger partial charge in [-0.2, -0.15) is 0 Å². The molecule has 5 atom stereocenters. The molecule has 1 aliphatic heterocycles. The molecule has 2 aromatic heterocycles. The van der Waals surface area contributed by atoms with E-state index in [1.807, 2.05) is 18.2 Å². The average molecular weight is 845 g/mol. The van der Waals surface area contributed by atoms with Gasteiger partial charge >= 0.3 is 6.09 Å². The molecule has 3 N–H and O–H groups in total. The molecule has 7 rings (SSSR count). The fourth-order valence-corrected chi connectivity index (χ4v) is 9.81. The second-order valence-electron chi connectivity index (χ2n) is 18.8. The van der Waals surface area contributed by atoms with Gasteiger partial charge in [0.1, 0.15) is 40.8 Å². The number of ether oxygens (including phenoxy) is 3. The number of hydrogen-bond donors (Lipinski definition) is 3. The van der Waals surface area contributed by atoms with Crippen molar-refractivity contribution in [2.24, 2.45) is 17.3 Å². The third-order valence-corrected chi connectivity index (χ3v) is 14.0. The summed E-state index contributed by atoms with van der Waals surface area (Å²) < 4.78 is 46.4. The molecule has 4 fully saturated rings. The Hall–Kier alpha value is -5.25. The predicted molar refractivity (Wildman–Crippen MR) is 224 cm³/mol. The summed E-state index contributed by atoms with van der Waals surface area (Å²) in [5, 5.41) is 6.26. The molecule has 1 saturated heterocycles. The Balaban J connectivity index is 1.20. The number of nitrogens with one attached hydrogen (secondary N) is 3. The van der Waals surface area contributed by atoms with Crippen LogP contribution in [-0.4, -0.2) is 94.8 Å². The Kier molecular flexibility index (Phi) is 11.2. The minimum absolute atomic E-state index is 0.000974. The summed E-state index contributed by atoms with van der Waals surface area (Å²) in [6, 6.07) is 10.3. The third-order valence-electron chi connectivity index (χ3n) is 11.8. The second kappa shape index (κ2) is 15.7. The highest BCUT2D eigenvalue weighted by molar-refractivity contribution is 7.91. The summed E-state index contributed by atoms with van der Waals surface area (Å²) in [6.45, 7) is 14.3. The summed E-state index contributed by atoms with van der Waals surface area (Å²) in [5.41, 5.74) is -1.59. The van der Waals surface area contributed by atoms with Gasteiger partial charge in [-0.25, -0.2) is 18.2 Å². The Morgan fingerprint density at radius 2 is 1.77 bits per heavy atom. The molecule has 0 bridgehead atoms. The average Bonchev–Trinajstić information content (AvgIpc) is 4.13. The Morgan fingerprint density at radius 3 is 2.35 bits per heavy atom. The molecule has 0 spiro atoms. The fraction of sp³-hybridized carbons (Fsp3) is 0.545. The molecule has 322 valence electrons. The number of carbonyl (C=O) groups excluding carboxylic acids is 4. The molecule has 3 heterocycles. The normalized spacial score (nSPS) is 23.9. The first kappa shape index (κ1) is 42.9. The molecule has 4 aliphatic rings. The maximum atomic E-state index is 14.8. The first-order valence-corrected chi connectivity index (χ1v) is 22.0. The lowest BCUT2D eigenvalue weighted by Gasteiger charge is -2.36. The maximum absolute atomic E-state index is 14.8. The number of rotatable bonds is 14. The van der Waals surface area contributed by atoms with Crippen LogP contribution in [0.3, 0.4) is 0 Å². The van der Waals surface area contributed by atoms with E-state index in [2.05, 4.69) is 26.9 Å². The SMILES string of the molecule is C=CC1CC1(NC(=O)C1CC(Oc2cc(-c3ccccn3)nc3cc(OC)ccc23)CN1C(=O)C(NC(=O)OC(C)(C)C)C(C)(C)C)C(=O)NS(=O)(=O)C1(CC2CC2)CC1. The molecular formula is C44H56N6O9S. The van der Waals surface area contributed by atoms with Gasteiger partial charge in [0.25, 0.3) is 5.91 Å². The molecule has 1 aromatic carbocycles. The molecular weight excluding hydrogens is 789 g/mol. The smallest absolute Gasteiger partial charge is 0.408 e. The van der Waals surface area contributed by atoms with Crippen LogP contribution in [0.25, 0.3) is 22.3 Å². The van der Waals surface area contributed by atoms with Gasteiger partial charge in [0.2, 0.25) is 21.8 Å². The van der Waals surface area contributed by atoms with E-state index in [4.69, 9.17) is 19.2 Å². The van der Waals surface area contributed by atoms with E-state index < -0.39 is 79.2 Å². The summed E-state index contributed by atoms with van der Waals surface area (Å²) in [4.78, 5) is 67.2. The number of benzene rings is 1. The molecule has 3 saturated carbocycles. The van der Waals surface area contributed by atoms with Gasteiger partial charge in [0, 0.05) is 36.1 Å². The molecule has 0 radical (unpaired) electrons. The minimum Gasteiger partial charge on any atom is -0.497 e. The molecule has 5 unspecified atom stereocenters. The highest BCUT2D eigenvalue weighted by Gasteiger charge is 2.64. The Morgan fingerprint density at radius 1 is 1.03 bits per heavy atom. The van der Waals surface area contributed by atoms with Gasteiger partial charge in [-0.3, -0.25) is 24.1 Å². The van der Waals surface area contributed by atoms with Crippen molar-refractivity contribution in [2.75, 3.05) is 13.7 Å². The van der Waals surface area contributed by atoms with Crippen LogP contribution >= 0.6 is 0 Å². The number of likely N-dealkylation sites (tertiary alicyclic amines) is 1. The van der Waals surface area contributed by atoms with Crippen molar-refractivity contribution in [3.05, 3.63) is 61.3 Å². The van der Waals surface area contributed by atoms with Crippen molar-refractivity contribution in [3.8, 4) is 22.9 Å². The summed E-state index contributed by atoms with van der Waals surface area (Å²) in [5.74, 6) is -1.26. The number of sulfonamides is 1. The van der Waals surface area contributed by atoms with Crippen molar-refractivity contribution in [1.29, 1.82) is 0 Å². The van der Waals surface area contributed by atoms with E-state index in [0.29, 0.717) is 59.0 Å². The first-order chi connectivity index (χ1) is 28.2. The first-order valence-electron chi connectivity index (χ1n) is 20.6. The van der Waals surface area contributed by atoms with Crippen molar-refractivity contribution < 1.29 is 41.8 Å². The zero-order chi connectivity index (χ0) is 43.4. The zero-order valence-electron chi connectivity index (χ0n) is 35.4. The van der Waals surface area contributed by atoms with Gasteiger partial charge in [-0.05, 0) is 82.1 Å². The summed E-state index contributed by atoms with van der Waals surface area (Å²) in [7, 11) is -2.48. The van der Waals surface area contributed by atoms with Crippen molar-refractivity contribution in [3.63, 3.8) is 0 Å². The van der Waals surface area contributed by atoms with Crippen molar-refractivity contribution in [1.82, 2.24) is 30.2 Å². The maximum Gasteiger partial charge on any atom is 0.408 e. The third kappa shape index (κ3) is 8.93. The van der Waals surface area contributed by atoms with E-state index in [9.17, 15) is 27.6 Å². The quantitative estimate of drug-likeness (QED) is 0.175. The molecule has 3 aromatic rings. The minimum atomic E-state index is -4.04. The van der Waals surface area contributed by atoms with Crippen LogP contribution in [0, 0.1) is 17.3 Å². The van der Waals surface area contributed by atoms with Gasteiger partial charge in [0.05, 0.1) is 35.3 Å². The fourth-order valence-electron chi connectivity index (χ4n) is 8.07. The number of alkyl carbamates (subject to hydrolysis) is 1. The second-order valence-corrected chi connectivity index (χ2v) is 20.9. The van der Waals surface area contributed by atoms with Crippen LogP contribution in [0.15, 0.2) is 61.3 Å². The standard InChI is InChI=1S/C44H56N6O9S/c1-9-27-24-44(27,39(53)49-60(55,56)43(17-18-43)23-26-13-14-26)48-37(51)34-21-29(25-50(34)38(52)36(41(2,3)4)47-40(54)59-42(5,6)7)58-35-22-33(31-12-10-11-19-45-31)46-32-20-28(57-8)15-16-30(32)35/h9-12,15-16,19-20,22,26-27,29,34,36H,1,13-14,17-18,21,23-25H2,2-8H3,(H,47,54)(H,48,51)(H,49,53). The lowest BCUT2D eigenvalue weighted by atomic mass is 9.85. The van der Waals surface area contributed by atoms with E-state index >= 15 is 0 Å². The van der Waals surface area contributed by atoms with Gasteiger partial charge < -0.3 is 29.7 Å². The number of amides is 4. The van der Waals surface area contributed by atoms with E-state index in [-0.39, 0.29) is 19.4 Å². The van der Waals surface area contributed by atoms with E-state index in [1.165, 1.54) is 11.0 Å². The lowest BCUT2D eigenvalue weighted by molar-refractivity contribution is -0.143. The molecule has 60 heavy (non-hydrogen) atoms. The summed E-state index contributed by atoms with van der Waals surface area (Å²) in [6.07, 6.45) is 5.18. The van der Waals surface area contributed by atoms with Crippen LogP contribution in [0.2, 0.25) is 0 Å². The molecule has 4 amide bonds. The van der Waals surface area contributed by atoms with Crippen LogP contribution in [-0.2, 0) is 29.1 Å². The van der Waals surface area contributed by atoms with Crippen LogP contribution in [0.1, 0.15) is 86.5 Å². The number of methoxy groups -OCH3 is 1. The highest BCUT2D eigenvalue weighted by atomic mass is 32.2.